The number of nitrogen functional groups attached to an aromatic ring is 1. The summed E-state index contributed by atoms with van der Waals surface area (Å²) in [4.78, 5) is 35.7. The van der Waals surface area contributed by atoms with Crippen LogP contribution in [0, 0.1) is 0 Å². The SMILES string of the molecule is Nc1ncnc2c1ncn2[C@]1(C(=O)[C@@H](N)CC(=O)O)O[C@H](CO)[C@@H](O)[C@H]1O. The number of carboxylic acid groups (broad SMARTS) is 1. The zero-order valence-electron chi connectivity index (χ0n) is 13.8. The summed E-state index contributed by atoms with van der Waals surface area (Å²) in [6.45, 7) is -0.717. The number of imidazole rings is 1. The van der Waals surface area contributed by atoms with Gasteiger partial charge >= 0.3 is 5.97 Å². The number of aromatic nitrogens is 4. The number of carbonyl (C=O) groups is 2. The van der Waals surface area contributed by atoms with Gasteiger partial charge in [-0.2, -0.15) is 0 Å². The van der Waals surface area contributed by atoms with E-state index in [0.29, 0.717) is 0 Å². The van der Waals surface area contributed by atoms with Crippen molar-refractivity contribution < 1.29 is 34.8 Å². The molecule has 2 aromatic rings. The molecular formula is C14H18N6O7. The quantitative estimate of drug-likeness (QED) is 0.287. The van der Waals surface area contributed by atoms with Gasteiger partial charge in [0.25, 0.3) is 0 Å². The molecule has 13 heteroatoms. The lowest BCUT2D eigenvalue weighted by Gasteiger charge is -2.33. The first-order chi connectivity index (χ1) is 12.7. The van der Waals surface area contributed by atoms with E-state index in [0.717, 1.165) is 17.2 Å². The van der Waals surface area contributed by atoms with Gasteiger partial charge in [-0.25, -0.2) is 15.0 Å². The summed E-state index contributed by atoms with van der Waals surface area (Å²) in [6.07, 6.45) is -3.47. The van der Waals surface area contributed by atoms with Crippen LogP contribution in [0.15, 0.2) is 12.7 Å². The highest BCUT2D eigenvalue weighted by Crippen LogP contribution is 2.39. The van der Waals surface area contributed by atoms with Crippen LogP contribution in [0.2, 0.25) is 0 Å². The maximum atomic E-state index is 13.1. The van der Waals surface area contributed by atoms with Crippen molar-refractivity contribution in [3.05, 3.63) is 12.7 Å². The average Bonchev–Trinajstić information content (AvgIpc) is 3.16. The van der Waals surface area contributed by atoms with Gasteiger partial charge in [0.05, 0.1) is 19.1 Å². The van der Waals surface area contributed by atoms with E-state index >= 15 is 0 Å². The maximum Gasteiger partial charge on any atom is 0.305 e. The fraction of sp³-hybridized carbons (Fsp3) is 0.500. The van der Waals surface area contributed by atoms with Crippen molar-refractivity contribution in [2.24, 2.45) is 5.73 Å². The summed E-state index contributed by atoms with van der Waals surface area (Å²) >= 11 is 0. The predicted molar refractivity (Wildman–Crippen MR) is 86.9 cm³/mol. The Morgan fingerprint density at radius 3 is 2.63 bits per heavy atom. The number of aliphatic hydroxyl groups is 3. The van der Waals surface area contributed by atoms with Gasteiger partial charge in [-0.1, -0.05) is 0 Å². The minimum absolute atomic E-state index is 0.0109. The molecule has 0 spiro atoms. The third-order valence-corrected chi connectivity index (χ3v) is 4.42. The number of aliphatic carboxylic acids is 1. The van der Waals surface area contributed by atoms with Crippen LogP contribution in [0.5, 0.6) is 0 Å². The largest absolute Gasteiger partial charge is 0.481 e. The lowest BCUT2D eigenvalue weighted by atomic mass is 9.92. The molecule has 3 heterocycles. The second-order valence-electron chi connectivity index (χ2n) is 6.09. The molecule has 0 bridgehead atoms. The van der Waals surface area contributed by atoms with E-state index in [-0.39, 0.29) is 17.0 Å². The van der Waals surface area contributed by atoms with Crippen molar-refractivity contribution in [1.82, 2.24) is 19.5 Å². The summed E-state index contributed by atoms with van der Waals surface area (Å²) in [5.74, 6) is -2.40. The molecule has 1 fully saturated rings. The van der Waals surface area contributed by atoms with E-state index in [9.17, 15) is 24.9 Å². The van der Waals surface area contributed by atoms with Crippen LogP contribution in [0.1, 0.15) is 6.42 Å². The lowest BCUT2D eigenvalue weighted by molar-refractivity contribution is -0.176. The Hall–Kier alpha value is -2.71. The molecule has 146 valence electrons. The monoisotopic (exact) mass is 382 g/mol. The first-order valence-corrected chi connectivity index (χ1v) is 7.84. The van der Waals surface area contributed by atoms with Crippen molar-refractivity contribution in [2.45, 2.75) is 36.5 Å². The molecule has 27 heavy (non-hydrogen) atoms. The van der Waals surface area contributed by atoms with Crippen LogP contribution in [-0.4, -0.2) is 82.7 Å². The summed E-state index contributed by atoms with van der Waals surface area (Å²) in [7, 11) is 0. The number of Topliss-reactive ketones (excluding diaryl/α,β-unsaturated/α-hetero) is 1. The molecule has 0 radical (unpaired) electrons. The van der Waals surface area contributed by atoms with Gasteiger partial charge in [0.15, 0.2) is 11.5 Å². The number of ketones is 1. The van der Waals surface area contributed by atoms with E-state index in [1.807, 2.05) is 0 Å². The number of hydrogen-bond donors (Lipinski definition) is 6. The topological polar surface area (TPSA) is 220 Å². The zero-order chi connectivity index (χ0) is 19.9. The molecule has 13 nitrogen and oxygen atoms in total. The van der Waals surface area contributed by atoms with Crippen molar-refractivity contribution in [2.75, 3.05) is 12.3 Å². The van der Waals surface area contributed by atoms with Crippen molar-refractivity contribution >= 4 is 28.7 Å². The summed E-state index contributed by atoms with van der Waals surface area (Å²) < 4.78 is 6.54. The molecule has 0 amide bonds. The zero-order valence-corrected chi connectivity index (χ0v) is 13.8. The van der Waals surface area contributed by atoms with Gasteiger partial charge in [-0.3, -0.25) is 14.2 Å². The second-order valence-corrected chi connectivity index (χ2v) is 6.09. The number of fused-ring (bicyclic) bond motifs is 1. The van der Waals surface area contributed by atoms with Gasteiger partial charge < -0.3 is 36.6 Å². The molecule has 8 N–H and O–H groups in total. The van der Waals surface area contributed by atoms with Crippen LogP contribution in [0.4, 0.5) is 5.82 Å². The van der Waals surface area contributed by atoms with E-state index in [1.165, 1.54) is 0 Å². The number of anilines is 1. The number of hydrogen-bond acceptors (Lipinski definition) is 11. The van der Waals surface area contributed by atoms with Crippen LogP contribution in [-0.2, 0) is 20.1 Å². The Morgan fingerprint density at radius 2 is 2.04 bits per heavy atom. The number of ether oxygens (including phenoxy) is 1. The van der Waals surface area contributed by atoms with Gasteiger partial charge in [-0.15, -0.1) is 0 Å². The molecule has 0 saturated carbocycles. The van der Waals surface area contributed by atoms with Crippen molar-refractivity contribution in [3.8, 4) is 0 Å². The Balaban J connectivity index is 2.20. The molecule has 2 aromatic heterocycles. The van der Waals surface area contributed by atoms with Gasteiger partial charge in [0.2, 0.25) is 11.5 Å². The number of aliphatic hydroxyl groups excluding tert-OH is 3. The lowest BCUT2D eigenvalue weighted by Crippen LogP contribution is -2.57. The van der Waals surface area contributed by atoms with Crippen molar-refractivity contribution in [3.63, 3.8) is 0 Å². The molecule has 0 unspecified atom stereocenters. The first kappa shape index (κ1) is 19.1. The number of nitrogens with zero attached hydrogens (tertiary/aromatic N) is 4. The molecule has 0 aliphatic carbocycles. The number of nitrogens with two attached hydrogens (primary N) is 2. The Labute approximate surface area is 151 Å². The van der Waals surface area contributed by atoms with E-state index in [4.69, 9.17) is 21.3 Å². The number of rotatable bonds is 6. The average molecular weight is 382 g/mol. The van der Waals surface area contributed by atoms with Crippen LogP contribution in [0.3, 0.4) is 0 Å². The van der Waals surface area contributed by atoms with E-state index in [1.54, 1.807) is 0 Å². The smallest absolute Gasteiger partial charge is 0.305 e. The Bertz CT molecular complexity index is 888. The predicted octanol–water partition coefficient (Wildman–Crippen LogP) is -3.45. The number of carboxylic acids is 1. The highest BCUT2D eigenvalue weighted by atomic mass is 16.6. The highest BCUT2D eigenvalue weighted by Gasteiger charge is 2.61. The maximum absolute atomic E-state index is 13.1. The normalized spacial score (nSPS) is 29.1. The molecule has 0 aromatic carbocycles. The number of carbonyl (C=O) groups excluding carboxylic acids is 1. The fourth-order valence-corrected chi connectivity index (χ4v) is 3.11. The van der Waals surface area contributed by atoms with Crippen LogP contribution < -0.4 is 11.5 Å². The standard InChI is InChI=1S/C14H18N6O7/c15-5(1-7(22)23)10(25)14(11(26)9(24)6(2-21)27-14)20-4-19-8-12(16)17-3-18-13(8)20/h3-6,9,11,21,24,26H,1-2,15H2,(H,22,23)(H2,16,17,18)/t5-,6+,9+,11+,14+/m0/s1. The third kappa shape index (κ3) is 2.81. The molecule has 1 saturated heterocycles. The molecule has 3 rings (SSSR count). The van der Waals surface area contributed by atoms with Gasteiger partial charge in [0.1, 0.15) is 36.5 Å². The summed E-state index contributed by atoms with van der Waals surface area (Å²) in [6, 6.07) is -1.58. The van der Waals surface area contributed by atoms with E-state index in [2.05, 4.69) is 15.0 Å². The second kappa shape index (κ2) is 6.79. The Morgan fingerprint density at radius 1 is 1.33 bits per heavy atom. The van der Waals surface area contributed by atoms with Crippen molar-refractivity contribution in [1.29, 1.82) is 0 Å². The summed E-state index contributed by atoms with van der Waals surface area (Å²) in [5, 5.41) is 39.2. The van der Waals surface area contributed by atoms with Gasteiger partial charge in [-0.05, 0) is 0 Å². The minimum Gasteiger partial charge on any atom is -0.481 e. The molecule has 1 aliphatic heterocycles. The van der Waals surface area contributed by atoms with Gasteiger partial charge in [0, 0.05) is 0 Å². The molecule has 5 atom stereocenters. The highest BCUT2D eigenvalue weighted by molar-refractivity contribution is 5.95. The summed E-state index contributed by atoms with van der Waals surface area (Å²) in [5.41, 5.74) is 9.14. The Kier molecular flexibility index (Phi) is 4.79. The minimum atomic E-state index is -2.36. The molecule has 1 aliphatic rings. The molecular weight excluding hydrogens is 364 g/mol. The van der Waals surface area contributed by atoms with Crippen LogP contribution in [0.25, 0.3) is 11.2 Å². The third-order valence-electron chi connectivity index (χ3n) is 4.42. The first-order valence-electron chi connectivity index (χ1n) is 7.84. The van der Waals surface area contributed by atoms with Crippen LogP contribution >= 0.6 is 0 Å². The fourth-order valence-electron chi connectivity index (χ4n) is 3.11. The van der Waals surface area contributed by atoms with E-state index < -0.39 is 54.9 Å².